The molecule has 5 heteroatoms. The predicted octanol–water partition coefficient (Wildman–Crippen LogP) is -0.00870. The van der Waals surface area contributed by atoms with Gasteiger partial charge in [0.05, 0.1) is 20.1 Å². The van der Waals surface area contributed by atoms with E-state index in [1.54, 1.807) is 0 Å². The van der Waals surface area contributed by atoms with E-state index in [0.717, 1.165) is 43.0 Å². The first kappa shape index (κ1) is 19.8. The second kappa shape index (κ2) is 7.25. The van der Waals surface area contributed by atoms with E-state index in [1.807, 2.05) is 30.3 Å². The van der Waals surface area contributed by atoms with Gasteiger partial charge in [0.15, 0.2) is 11.7 Å². The van der Waals surface area contributed by atoms with Crippen LogP contribution in [-0.4, -0.2) is 47.8 Å². The van der Waals surface area contributed by atoms with Gasteiger partial charge >= 0.3 is 5.97 Å². The lowest BCUT2D eigenvalue weighted by molar-refractivity contribution is -0.913. The van der Waals surface area contributed by atoms with E-state index in [0.29, 0.717) is 17.6 Å². The molecule has 2 heterocycles. The summed E-state index contributed by atoms with van der Waals surface area (Å²) in [7, 11) is 4.49. The topological polar surface area (TPSA) is 46.5 Å². The van der Waals surface area contributed by atoms with Crippen molar-refractivity contribution in [3.05, 3.63) is 35.9 Å². The molecule has 144 valence electrons. The summed E-state index contributed by atoms with van der Waals surface area (Å²) in [5.74, 6) is -0.466. The molecule has 1 aromatic carbocycles. The van der Waals surface area contributed by atoms with Crippen LogP contribution in [-0.2, 0) is 15.1 Å². The number of carbonyl (C=O) groups excluding carboxylic acids is 1. The molecule has 1 saturated carbocycles. The monoisotopic (exact) mass is 423 g/mol. The minimum absolute atomic E-state index is 0. The molecule has 0 unspecified atom stereocenters. The number of fused-ring (bicyclic) bond motifs is 2. The van der Waals surface area contributed by atoms with Gasteiger partial charge in [-0.15, -0.1) is 0 Å². The first-order chi connectivity index (χ1) is 11.9. The zero-order chi connectivity index (χ0) is 17.7. The minimum atomic E-state index is -1.50. The van der Waals surface area contributed by atoms with Gasteiger partial charge < -0.3 is 31.3 Å². The highest BCUT2D eigenvalue weighted by atomic mass is 79.9. The van der Waals surface area contributed by atoms with Crippen LogP contribution in [0.15, 0.2) is 30.3 Å². The van der Waals surface area contributed by atoms with Crippen molar-refractivity contribution in [3.8, 4) is 0 Å². The van der Waals surface area contributed by atoms with Gasteiger partial charge in [-0.25, -0.2) is 4.79 Å². The largest absolute Gasteiger partial charge is 1.00 e. The summed E-state index contributed by atoms with van der Waals surface area (Å²) in [6.45, 7) is 0. The Morgan fingerprint density at radius 2 is 1.77 bits per heavy atom. The van der Waals surface area contributed by atoms with Crippen molar-refractivity contribution in [2.75, 3.05) is 14.1 Å². The van der Waals surface area contributed by atoms with Crippen molar-refractivity contribution in [3.63, 3.8) is 0 Å². The summed E-state index contributed by atoms with van der Waals surface area (Å²) >= 11 is 0. The van der Waals surface area contributed by atoms with Crippen molar-refractivity contribution < 1.29 is 36.1 Å². The van der Waals surface area contributed by atoms with Crippen LogP contribution in [0, 0.1) is 5.92 Å². The summed E-state index contributed by atoms with van der Waals surface area (Å²) in [6, 6.07) is 10.4. The molecule has 3 aliphatic rings. The molecule has 0 spiro atoms. The molecule has 4 nitrogen and oxygen atoms in total. The van der Waals surface area contributed by atoms with Crippen LogP contribution < -0.4 is 17.0 Å². The Labute approximate surface area is 166 Å². The normalized spacial score (nSPS) is 32.0. The van der Waals surface area contributed by atoms with E-state index >= 15 is 0 Å². The van der Waals surface area contributed by atoms with Gasteiger partial charge in [0.2, 0.25) is 0 Å². The van der Waals surface area contributed by atoms with E-state index in [1.165, 1.54) is 6.42 Å². The summed E-state index contributed by atoms with van der Waals surface area (Å²) in [6.07, 6.45) is 7.13. The van der Waals surface area contributed by atoms with Gasteiger partial charge in [-0.1, -0.05) is 43.2 Å². The highest BCUT2D eigenvalue weighted by Gasteiger charge is 2.58. The Hall–Kier alpha value is -0.910. The van der Waals surface area contributed by atoms with E-state index < -0.39 is 11.6 Å². The van der Waals surface area contributed by atoms with Gasteiger partial charge in [-0.2, -0.15) is 0 Å². The van der Waals surface area contributed by atoms with Gasteiger partial charge in [0.25, 0.3) is 0 Å². The Kier molecular flexibility index (Phi) is 5.53. The molecule has 0 amide bonds. The van der Waals surface area contributed by atoms with E-state index in [9.17, 15) is 9.90 Å². The zero-order valence-corrected chi connectivity index (χ0v) is 17.3. The van der Waals surface area contributed by atoms with Crippen LogP contribution >= 0.6 is 0 Å². The number of esters is 1. The first-order valence-corrected chi connectivity index (χ1v) is 9.76. The summed E-state index contributed by atoms with van der Waals surface area (Å²) in [4.78, 5) is 13.2. The van der Waals surface area contributed by atoms with Gasteiger partial charge in [-0.05, 0) is 18.4 Å². The number of aliphatic hydroxyl groups is 1. The van der Waals surface area contributed by atoms with Gasteiger partial charge in [-0.3, -0.25) is 0 Å². The fraction of sp³-hybridized carbons (Fsp3) is 0.667. The SMILES string of the molecule is C[N+]1(C)[C@H]2CC[C@@H]1[C@H](OC(=O)[C@](O)(c1ccccc1)C1CCCC1)C2.[Br-]. The average Bonchev–Trinajstić information content (AvgIpc) is 3.30. The molecule has 1 aliphatic carbocycles. The van der Waals surface area contributed by atoms with Crippen LogP contribution in [0.25, 0.3) is 0 Å². The van der Waals surface area contributed by atoms with Crippen molar-refractivity contribution >= 4 is 5.97 Å². The molecule has 1 N–H and O–H groups in total. The Bertz CT molecular complexity index is 644. The predicted molar refractivity (Wildman–Crippen MR) is 95.7 cm³/mol. The zero-order valence-electron chi connectivity index (χ0n) is 15.7. The van der Waals surface area contributed by atoms with E-state index in [2.05, 4.69) is 14.1 Å². The van der Waals surface area contributed by atoms with Crippen LogP contribution in [0.2, 0.25) is 0 Å². The number of ether oxygens (including phenoxy) is 1. The highest BCUT2D eigenvalue weighted by Crippen LogP contribution is 2.46. The lowest BCUT2D eigenvalue weighted by atomic mass is 9.80. The third-order valence-electron chi connectivity index (χ3n) is 7.25. The Morgan fingerprint density at radius 3 is 2.31 bits per heavy atom. The van der Waals surface area contributed by atoms with E-state index in [-0.39, 0.29) is 29.0 Å². The number of hydrogen-bond acceptors (Lipinski definition) is 3. The number of halogens is 1. The molecule has 2 aliphatic heterocycles. The number of nitrogens with zero attached hydrogens (tertiary/aromatic N) is 1. The maximum absolute atomic E-state index is 13.2. The van der Waals surface area contributed by atoms with Crippen LogP contribution in [0.5, 0.6) is 0 Å². The van der Waals surface area contributed by atoms with Crippen molar-refractivity contribution in [1.82, 2.24) is 0 Å². The van der Waals surface area contributed by atoms with Crippen LogP contribution in [0.3, 0.4) is 0 Å². The smallest absolute Gasteiger partial charge is 0.343 e. The number of carbonyl (C=O) groups is 1. The fourth-order valence-electron chi connectivity index (χ4n) is 5.64. The summed E-state index contributed by atoms with van der Waals surface area (Å²) in [5, 5.41) is 11.5. The number of likely N-dealkylation sites (N-methyl/N-ethyl adjacent to an activating group) is 1. The molecule has 4 rings (SSSR count). The lowest BCUT2D eigenvalue weighted by Gasteiger charge is -2.35. The molecule has 4 atom stereocenters. The fourth-order valence-corrected chi connectivity index (χ4v) is 5.64. The van der Waals surface area contributed by atoms with Crippen molar-refractivity contribution in [1.29, 1.82) is 0 Å². The molecule has 0 aromatic heterocycles. The molecular weight excluding hydrogens is 394 g/mol. The lowest BCUT2D eigenvalue weighted by Crippen LogP contribution is -3.00. The van der Waals surface area contributed by atoms with Gasteiger partial charge in [0.1, 0.15) is 6.04 Å². The van der Waals surface area contributed by atoms with E-state index in [4.69, 9.17) is 4.74 Å². The third-order valence-corrected chi connectivity index (χ3v) is 7.25. The van der Waals surface area contributed by atoms with Crippen molar-refractivity contribution in [2.45, 2.75) is 68.7 Å². The standard InChI is InChI=1S/C21H30NO3.BrH/c1-22(2)17-12-13-18(22)19(14-17)25-20(23)21(24,16-10-6-7-11-16)15-8-4-3-5-9-15;/h3-5,8-9,16-19,24H,6-7,10-14H2,1-2H3;1H/q+1;/p-1/t17-,18+,19+,21-;/m0./s1. The van der Waals surface area contributed by atoms with Crippen molar-refractivity contribution in [2.24, 2.45) is 5.92 Å². The summed E-state index contributed by atoms with van der Waals surface area (Å²) in [5.41, 5.74) is -0.819. The second-order valence-electron chi connectivity index (χ2n) is 8.72. The maximum Gasteiger partial charge on any atom is 0.343 e. The Balaban J connectivity index is 0.00000196. The third kappa shape index (κ3) is 3.02. The summed E-state index contributed by atoms with van der Waals surface area (Å²) < 4.78 is 6.96. The minimum Gasteiger partial charge on any atom is -1.00 e. The molecule has 3 fully saturated rings. The average molecular weight is 424 g/mol. The first-order valence-electron chi connectivity index (χ1n) is 9.76. The molecule has 0 radical (unpaired) electrons. The van der Waals surface area contributed by atoms with Crippen LogP contribution in [0.4, 0.5) is 0 Å². The molecule has 1 aromatic rings. The molecule has 2 bridgehead atoms. The number of quaternary nitrogens is 1. The van der Waals surface area contributed by atoms with Gasteiger partial charge in [0, 0.05) is 25.2 Å². The number of rotatable bonds is 4. The second-order valence-corrected chi connectivity index (χ2v) is 8.72. The molecular formula is C21H30BrNO3. The number of hydrogen-bond donors (Lipinski definition) is 1. The van der Waals surface area contributed by atoms with Crippen LogP contribution in [0.1, 0.15) is 50.5 Å². The quantitative estimate of drug-likeness (QED) is 0.547. The maximum atomic E-state index is 13.2. The Morgan fingerprint density at radius 1 is 1.12 bits per heavy atom. The highest BCUT2D eigenvalue weighted by molar-refractivity contribution is 5.82. The molecule has 26 heavy (non-hydrogen) atoms. The molecule has 2 saturated heterocycles. The number of benzene rings is 1.